The van der Waals surface area contributed by atoms with Crippen LogP contribution in [0.5, 0.6) is 0 Å². The van der Waals surface area contributed by atoms with Crippen molar-refractivity contribution in [1.29, 1.82) is 0 Å². The van der Waals surface area contributed by atoms with Crippen LogP contribution in [-0.4, -0.2) is 11.4 Å². The normalized spacial score (nSPS) is 11.4. The van der Waals surface area contributed by atoms with Crippen molar-refractivity contribution >= 4 is 6.21 Å². The van der Waals surface area contributed by atoms with E-state index in [-0.39, 0.29) is 0 Å². The predicted octanol–water partition coefficient (Wildman–Crippen LogP) is 6.71. The topological polar surface area (TPSA) is 32.6 Å². The van der Waals surface area contributed by atoms with Crippen LogP contribution in [-0.2, 0) is 0 Å². The van der Waals surface area contributed by atoms with Gasteiger partial charge < -0.3 is 5.21 Å². The fourth-order valence-electron chi connectivity index (χ4n) is 2.66. The summed E-state index contributed by atoms with van der Waals surface area (Å²) >= 11 is 0. The standard InChI is InChI=1S/C18H37NO/c1-2-3-4-5-6-7-8-9-10-11-12-13-14-15-16-17-18-19-20/h18,20H,2-17H2,1H3/b19-18+. The Hall–Kier alpha value is -0.530. The second-order valence-electron chi connectivity index (χ2n) is 6.04. The Labute approximate surface area is 127 Å². The van der Waals surface area contributed by atoms with E-state index in [0.29, 0.717) is 0 Å². The molecule has 0 saturated carbocycles. The smallest absolute Gasteiger partial charge is 0.0435 e. The molecule has 0 aliphatic heterocycles. The quantitative estimate of drug-likeness (QED) is 0.145. The monoisotopic (exact) mass is 283 g/mol. The van der Waals surface area contributed by atoms with Crippen LogP contribution in [0.4, 0.5) is 0 Å². The van der Waals surface area contributed by atoms with E-state index in [1.54, 1.807) is 6.21 Å². The van der Waals surface area contributed by atoms with Crippen LogP contribution in [0.15, 0.2) is 5.16 Å². The van der Waals surface area contributed by atoms with Gasteiger partial charge in [0.2, 0.25) is 0 Å². The molecule has 0 radical (unpaired) electrons. The first-order valence-corrected chi connectivity index (χ1v) is 9.07. The lowest BCUT2D eigenvalue weighted by Gasteiger charge is -2.03. The zero-order valence-corrected chi connectivity index (χ0v) is 13.8. The van der Waals surface area contributed by atoms with Gasteiger partial charge in [0, 0.05) is 6.21 Å². The summed E-state index contributed by atoms with van der Waals surface area (Å²) in [6, 6.07) is 0. The van der Waals surface area contributed by atoms with Crippen LogP contribution in [0.3, 0.4) is 0 Å². The van der Waals surface area contributed by atoms with Crippen molar-refractivity contribution in [3.8, 4) is 0 Å². The molecule has 0 amide bonds. The molecule has 0 saturated heterocycles. The number of nitrogens with zero attached hydrogens (tertiary/aromatic N) is 1. The largest absolute Gasteiger partial charge is 0.411 e. The molecule has 120 valence electrons. The number of unbranched alkanes of at least 4 members (excludes halogenated alkanes) is 15. The lowest BCUT2D eigenvalue weighted by atomic mass is 10.0. The summed E-state index contributed by atoms with van der Waals surface area (Å²) < 4.78 is 0. The SMILES string of the molecule is CCCCCCCCCCCCCCCCC/C=N/O. The van der Waals surface area contributed by atoms with E-state index < -0.39 is 0 Å². The van der Waals surface area contributed by atoms with Crippen LogP contribution in [0, 0.1) is 0 Å². The van der Waals surface area contributed by atoms with Crippen LogP contribution < -0.4 is 0 Å². The fraction of sp³-hybridized carbons (Fsp3) is 0.944. The van der Waals surface area contributed by atoms with E-state index in [2.05, 4.69) is 12.1 Å². The van der Waals surface area contributed by atoms with Crippen molar-refractivity contribution in [2.45, 2.75) is 110 Å². The Bertz CT molecular complexity index is 192. The molecule has 2 heteroatoms. The second-order valence-corrected chi connectivity index (χ2v) is 6.04. The van der Waals surface area contributed by atoms with Gasteiger partial charge >= 0.3 is 0 Å². The third-order valence-electron chi connectivity index (χ3n) is 4.02. The van der Waals surface area contributed by atoms with Crippen molar-refractivity contribution in [3.63, 3.8) is 0 Å². The number of hydrogen-bond donors (Lipinski definition) is 1. The molecule has 0 fully saturated rings. The third kappa shape index (κ3) is 17.5. The molecule has 0 spiro atoms. The molecule has 0 heterocycles. The van der Waals surface area contributed by atoms with Crippen molar-refractivity contribution < 1.29 is 5.21 Å². The highest BCUT2D eigenvalue weighted by Crippen LogP contribution is 2.13. The Kier molecular flexibility index (Phi) is 18.0. The Morgan fingerprint density at radius 2 is 0.950 bits per heavy atom. The van der Waals surface area contributed by atoms with E-state index >= 15 is 0 Å². The summed E-state index contributed by atoms with van der Waals surface area (Å²) in [5.74, 6) is 0. The van der Waals surface area contributed by atoms with Gasteiger partial charge in [-0.1, -0.05) is 96.8 Å². The number of rotatable bonds is 16. The van der Waals surface area contributed by atoms with E-state index in [1.165, 1.54) is 96.3 Å². The van der Waals surface area contributed by atoms with Crippen LogP contribution in [0.25, 0.3) is 0 Å². The molecule has 0 bridgehead atoms. The minimum absolute atomic E-state index is 0.925. The van der Waals surface area contributed by atoms with E-state index in [4.69, 9.17) is 5.21 Å². The molecule has 0 aromatic carbocycles. The highest BCUT2D eigenvalue weighted by molar-refractivity contribution is 5.55. The van der Waals surface area contributed by atoms with Crippen molar-refractivity contribution in [1.82, 2.24) is 0 Å². The summed E-state index contributed by atoms with van der Waals surface area (Å²) in [6.07, 6.45) is 23.5. The van der Waals surface area contributed by atoms with Gasteiger partial charge in [0.25, 0.3) is 0 Å². The Balaban J connectivity index is 2.92. The average Bonchev–Trinajstić information content (AvgIpc) is 2.47. The van der Waals surface area contributed by atoms with Crippen LogP contribution >= 0.6 is 0 Å². The average molecular weight is 283 g/mol. The summed E-state index contributed by atoms with van der Waals surface area (Å²) in [4.78, 5) is 0. The van der Waals surface area contributed by atoms with Gasteiger partial charge in [0.05, 0.1) is 0 Å². The summed E-state index contributed by atoms with van der Waals surface area (Å²) in [6.45, 7) is 2.28. The molecule has 0 aromatic heterocycles. The molecular weight excluding hydrogens is 246 g/mol. The zero-order chi connectivity index (χ0) is 14.7. The van der Waals surface area contributed by atoms with Crippen LogP contribution in [0.2, 0.25) is 0 Å². The van der Waals surface area contributed by atoms with Gasteiger partial charge in [-0.3, -0.25) is 0 Å². The second kappa shape index (κ2) is 18.5. The van der Waals surface area contributed by atoms with E-state index in [0.717, 1.165) is 6.42 Å². The number of hydrogen-bond acceptors (Lipinski definition) is 2. The van der Waals surface area contributed by atoms with Crippen LogP contribution in [0.1, 0.15) is 110 Å². The first-order chi connectivity index (χ1) is 9.91. The summed E-state index contributed by atoms with van der Waals surface area (Å²) in [5.41, 5.74) is 0. The maximum absolute atomic E-state index is 8.25. The third-order valence-corrected chi connectivity index (χ3v) is 4.02. The lowest BCUT2D eigenvalue weighted by Crippen LogP contribution is -1.84. The van der Waals surface area contributed by atoms with E-state index in [1.807, 2.05) is 0 Å². The summed E-state index contributed by atoms with van der Waals surface area (Å²) in [7, 11) is 0. The molecule has 0 atom stereocenters. The molecule has 0 aliphatic carbocycles. The maximum Gasteiger partial charge on any atom is 0.0435 e. The first-order valence-electron chi connectivity index (χ1n) is 9.07. The van der Waals surface area contributed by atoms with Gasteiger partial charge in [-0.2, -0.15) is 0 Å². The first kappa shape index (κ1) is 19.5. The molecule has 0 rings (SSSR count). The molecule has 1 N–H and O–H groups in total. The van der Waals surface area contributed by atoms with Gasteiger partial charge in [-0.15, -0.1) is 5.16 Å². The highest BCUT2D eigenvalue weighted by Gasteiger charge is 1.94. The summed E-state index contributed by atoms with van der Waals surface area (Å²) in [5, 5.41) is 11.3. The minimum atomic E-state index is 0.925. The maximum atomic E-state index is 8.25. The molecule has 0 aromatic rings. The van der Waals surface area contributed by atoms with E-state index in [9.17, 15) is 0 Å². The van der Waals surface area contributed by atoms with Gasteiger partial charge in [-0.05, 0) is 12.8 Å². The zero-order valence-electron chi connectivity index (χ0n) is 13.8. The molecule has 0 aliphatic rings. The van der Waals surface area contributed by atoms with Crippen molar-refractivity contribution in [2.24, 2.45) is 5.16 Å². The van der Waals surface area contributed by atoms with Crippen molar-refractivity contribution in [3.05, 3.63) is 0 Å². The highest BCUT2D eigenvalue weighted by atomic mass is 16.4. The van der Waals surface area contributed by atoms with Gasteiger partial charge in [0.15, 0.2) is 0 Å². The molecule has 0 unspecified atom stereocenters. The van der Waals surface area contributed by atoms with Crippen molar-refractivity contribution in [2.75, 3.05) is 0 Å². The Morgan fingerprint density at radius 1 is 0.600 bits per heavy atom. The van der Waals surface area contributed by atoms with Gasteiger partial charge in [0.1, 0.15) is 0 Å². The molecular formula is C18H37NO. The molecule has 20 heavy (non-hydrogen) atoms. The predicted molar refractivity (Wildman–Crippen MR) is 89.8 cm³/mol. The molecule has 2 nitrogen and oxygen atoms in total. The number of oxime groups is 1. The fourth-order valence-corrected chi connectivity index (χ4v) is 2.66. The minimum Gasteiger partial charge on any atom is -0.411 e. The Morgan fingerprint density at radius 3 is 1.30 bits per heavy atom. The lowest BCUT2D eigenvalue weighted by molar-refractivity contribution is 0.320. The van der Waals surface area contributed by atoms with Gasteiger partial charge in [-0.25, -0.2) is 0 Å².